The third-order valence-corrected chi connectivity index (χ3v) is 2.39. The van der Waals surface area contributed by atoms with E-state index in [1.54, 1.807) is 6.08 Å². The summed E-state index contributed by atoms with van der Waals surface area (Å²) in [5, 5.41) is 30.4. The van der Waals surface area contributed by atoms with E-state index in [1.807, 2.05) is 6.08 Å². The van der Waals surface area contributed by atoms with Gasteiger partial charge in [-0.1, -0.05) is 31.9 Å². The molecule has 0 unspecified atom stereocenters. The Bertz CT molecular complexity index is 355. The number of carboxylic acid groups (broad SMARTS) is 2. The van der Waals surface area contributed by atoms with Crippen LogP contribution in [0.1, 0.15) is 45.4 Å². The number of hydrogen-bond donors (Lipinski definition) is 1. The Morgan fingerprint density at radius 2 is 1.95 bits per heavy atom. The van der Waals surface area contributed by atoms with Crippen molar-refractivity contribution in [1.82, 2.24) is 0 Å². The third kappa shape index (κ3) is 12.4. The van der Waals surface area contributed by atoms with Crippen LogP contribution in [0.2, 0.25) is 0 Å². The first-order valence-corrected chi connectivity index (χ1v) is 6.28. The molecule has 0 aromatic carbocycles. The van der Waals surface area contributed by atoms with Crippen molar-refractivity contribution in [2.45, 2.75) is 51.5 Å². The maximum atomic E-state index is 11.4. The summed E-state index contributed by atoms with van der Waals surface area (Å²) in [7, 11) is 0. The van der Waals surface area contributed by atoms with Crippen LogP contribution in [0.25, 0.3) is 0 Å². The molecule has 0 radical (unpaired) electrons. The molecule has 6 nitrogen and oxygen atoms in total. The van der Waals surface area contributed by atoms with Gasteiger partial charge in [-0.05, 0) is 31.6 Å². The van der Waals surface area contributed by atoms with Gasteiger partial charge in [0.15, 0.2) is 0 Å². The minimum Gasteiger partial charge on any atom is -0.862 e. The van der Waals surface area contributed by atoms with E-state index in [2.05, 4.69) is 11.9 Å². The molecule has 108 valence electrons. The quantitative estimate of drug-likeness (QED) is 0.192. The van der Waals surface area contributed by atoms with Crippen molar-refractivity contribution in [3.05, 3.63) is 12.2 Å². The number of unbranched alkanes of at least 4 members (excludes halogenated alkanes) is 2. The van der Waals surface area contributed by atoms with Gasteiger partial charge in [0.05, 0.1) is 0 Å². The second kappa shape index (κ2) is 13.4. The first kappa shape index (κ1) is 21.7. The monoisotopic (exact) mass is 309 g/mol. The van der Waals surface area contributed by atoms with Gasteiger partial charge in [0.1, 0.15) is 6.04 Å². The zero-order chi connectivity index (χ0) is 14.7. The zero-order valence-corrected chi connectivity index (χ0v) is 13.9. The van der Waals surface area contributed by atoms with E-state index in [0.717, 1.165) is 19.3 Å². The first-order chi connectivity index (χ1) is 8.97. The molecule has 0 bridgehead atoms. The maximum Gasteiger partial charge on any atom is 2.00 e. The van der Waals surface area contributed by atoms with Crippen LogP contribution in [-0.2, 0) is 9.59 Å². The fourth-order valence-corrected chi connectivity index (χ4v) is 1.35. The molecule has 0 saturated carbocycles. The van der Waals surface area contributed by atoms with Gasteiger partial charge in [-0.2, -0.15) is 0 Å². The molecule has 0 amide bonds. The largest absolute Gasteiger partial charge is 2.00 e. The van der Waals surface area contributed by atoms with Crippen molar-refractivity contribution in [2.75, 3.05) is 0 Å². The molecule has 0 spiro atoms. The van der Waals surface area contributed by atoms with Crippen LogP contribution in [0.15, 0.2) is 17.1 Å². The van der Waals surface area contributed by atoms with E-state index in [9.17, 15) is 19.8 Å². The Labute approximate surface area is 148 Å². The normalized spacial score (nSPS) is 12.9. The smallest absolute Gasteiger partial charge is 0.862 e. The predicted molar refractivity (Wildman–Crippen MR) is 72.1 cm³/mol. The van der Waals surface area contributed by atoms with Crippen LogP contribution >= 0.6 is 0 Å². The van der Waals surface area contributed by atoms with E-state index in [-0.39, 0.29) is 50.6 Å². The molecule has 0 aliphatic rings. The molecule has 0 rings (SSSR count). The molecule has 0 aromatic heterocycles. The van der Waals surface area contributed by atoms with Crippen molar-refractivity contribution >= 4 is 55.6 Å². The standard InChI is InChI=1S/C13H21NO5.Ca/c1-2-3-4-5-6-7-11(15)14-10(13(18)19)8-9-12(16)17;/h5-6,10H,2-4,7-9H2,1H3,(H,14,15)(H,16,17)(H,18,19);/q;+2/p-2/b6-5+;/t10-;/m0./s1. The zero-order valence-electron chi connectivity index (χ0n) is 11.7. The topological polar surface area (TPSA) is 113 Å². The fraction of sp³-hybridized carbons (Fsp3) is 0.615. The second-order valence-electron chi connectivity index (χ2n) is 4.11. The Hall–Kier alpha value is -0.590. The summed E-state index contributed by atoms with van der Waals surface area (Å²) >= 11 is 0. The van der Waals surface area contributed by atoms with Gasteiger partial charge in [0.25, 0.3) is 0 Å². The van der Waals surface area contributed by atoms with Gasteiger partial charge in [0, 0.05) is 5.97 Å². The summed E-state index contributed by atoms with van der Waals surface area (Å²) in [6, 6.07) is -1.31. The SMILES string of the molecule is CCCC/C=C/CC([O-])=N[C@@H](CCC(=O)[O-])C(=O)O.[Ca+2]. The number of carbonyl (C=O) groups excluding carboxylic acids is 1. The van der Waals surface area contributed by atoms with Crippen LogP contribution < -0.4 is 10.2 Å². The fourth-order valence-electron chi connectivity index (χ4n) is 1.35. The van der Waals surface area contributed by atoms with Gasteiger partial charge in [0.2, 0.25) is 0 Å². The summed E-state index contributed by atoms with van der Waals surface area (Å²) < 4.78 is 0. The van der Waals surface area contributed by atoms with Gasteiger partial charge in [-0.15, -0.1) is 0 Å². The Balaban J connectivity index is 0. The Morgan fingerprint density at radius 1 is 1.30 bits per heavy atom. The number of carboxylic acids is 2. The van der Waals surface area contributed by atoms with Gasteiger partial charge >= 0.3 is 43.7 Å². The number of aliphatic imine (C=N–C) groups is 1. The number of allylic oxidation sites excluding steroid dienone is 1. The van der Waals surface area contributed by atoms with Crippen LogP contribution in [0.5, 0.6) is 0 Å². The number of aliphatic carboxylic acids is 2. The average Bonchev–Trinajstić information content (AvgIpc) is 2.33. The molecule has 0 aliphatic heterocycles. The molecule has 20 heavy (non-hydrogen) atoms. The average molecular weight is 309 g/mol. The minimum atomic E-state index is -1.35. The second-order valence-corrected chi connectivity index (χ2v) is 4.11. The van der Waals surface area contributed by atoms with Crippen LogP contribution in [0.4, 0.5) is 0 Å². The van der Waals surface area contributed by atoms with Crippen molar-refractivity contribution in [3.8, 4) is 0 Å². The minimum absolute atomic E-state index is 0. The van der Waals surface area contributed by atoms with E-state index in [4.69, 9.17) is 5.11 Å². The van der Waals surface area contributed by atoms with E-state index < -0.39 is 30.3 Å². The number of rotatable bonds is 10. The summed E-state index contributed by atoms with van der Waals surface area (Å²) in [6.07, 6.45) is 5.85. The number of carbonyl (C=O) groups is 2. The van der Waals surface area contributed by atoms with Crippen molar-refractivity contribution in [3.63, 3.8) is 0 Å². The predicted octanol–water partition coefficient (Wildman–Crippen LogP) is -0.516. The van der Waals surface area contributed by atoms with E-state index in [0.29, 0.717) is 0 Å². The van der Waals surface area contributed by atoms with Crippen molar-refractivity contribution in [2.24, 2.45) is 4.99 Å². The molecular weight excluding hydrogens is 290 g/mol. The van der Waals surface area contributed by atoms with Gasteiger partial charge in [-0.25, -0.2) is 4.79 Å². The van der Waals surface area contributed by atoms with Crippen molar-refractivity contribution in [1.29, 1.82) is 0 Å². The summed E-state index contributed by atoms with van der Waals surface area (Å²) in [5.41, 5.74) is 0. The van der Waals surface area contributed by atoms with Gasteiger partial charge < -0.3 is 20.1 Å². The number of hydrogen-bond acceptors (Lipinski definition) is 5. The molecule has 0 aromatic rings. The third-order valence-electron chi connectivity index (χ3n) is 2.39. The van der Waals surface area contributed by atoms with E-state index in [1.165, 1.54) is 0 Å². The molecule has 0 aliphatic carbocycles. The number of nitrogens with zero attached hydrogens (tertiary/aromatic N) is 1. The van der Waals surface area contributed by atoms with Crippen LogP contribution in [-0.4, -0.2) is 66.7 Å². The molecule has 0 fully saturated rings. The van der Waals surface area contributed by atoms with Crippen LogP contribution in [0, 0.1) is 0 Å². The molecule has 1 N–H and O–H groups in total. The molecule has 0 saturated heterocycles. The maximum absolute atomic E-state index is 11.4. The summed E-state index contributed by atoms with van der Waals surface area (Å²) in [6.45, 7) is 2.06. The Morgan fingerprint density at radius 3 is 2.45 bits per heavy atom. The Kier molecular flexibility index (Phi) is 14.5. The first-order valence-electron chi connectivity index (χ1n) is 6.28. The van der Waals surface area contributed by atoms with Crippen LogP contribution in [0.3, 0.4) is 0 Å². The van der Waals surface area contributed by atoms with Gasteiger partial charge in [-0.3, -0.25) is 4.99 Å². The molecule has 0 heterocycles. The van der Waals surface area contributed by atoms with E-state index >= 15 is 0 Å². The molecule has 1 atom stereocenters. The molecule has 7 heteroatoms. The molecular formula is C13H19CaNO5. The summed E-state index contributed by atoms with van der Waals surface area (Å²) in [4.78, 5) is 24.5. The summed E-state index contributed by atoms with van der Waals surface area (Å²) in [5.74, 6) is -3.21. The van der Waals surface area contributed by atoms with Crippen molar-refractivity contribution < 1.29 is 24.9 Å².